The van der Waals surface area contributed by atoms with Gasteiger partial charge in [-0.25, -0.2) is 13.4 Å². The summed E-state index contributed by atoms with van der Waals surface area (Å²) >= 11 is 0. The van der Waals surface area contributed by atoms with Crippen molar-refractivity contribution in [2.45, 2.75) is 33.2 Å². The van der Waals surface area contributed by atoms with Crippen LogP contribution in [-0.2, 0) is 16.4 Å². The molecule has 2 rings (SSSR count). The van der Waals surface area contributed by atoms with Crippen LogP contribution in [0.25, 0.3) is 0 Å². The van der Waals surface area contributed by atoms with Crippen molar-refractivity contribution in [2.75, 3.05) is 11.5 Å². The summed E-state index contributed by atoms with van der Waals surface area (Å²) in [5, 5.41) is 0. The van der Waals surface area contributed by atoms with Crippen LogP contribution >= 0.6 is 0 Å². The van der Waals surface area contributed by atoms with Crippen LogP contribution in [0.2, 0.25) is 0 Å². The van der Waals surface area contributed by atoms with Gasteiger partial charge in [-0.15, -0.1) is 0 Å². The number of sulfone groups is 1. The molecule has 0 amide bonds. The molecule has 0 N–H and O–H groups in total. The molecule has 0 bridgehead atoms. The first-order valence-electron chi connectivity index (χ1n) is 5.67. The van der Waals surface area contributed by atoms with E-state index in [2.05, 4.69) is 9.55 Å². The summed E-state index contributed by atoms with van der Waals surface area (Å²) in [7, 11) is -2.74. The second kappa shape index (κ2) is 4.20. The third kappa shape index (κ3) is 2.64. The Balaban J connectivity index is 1.99. The van der Waals surface area contributed by atoms with Crippen molar-refractivity contribution in [3.8, 4) is 0 Å². The molecule has 0 unspecified atom stereocenters. The maximum absolute atomic E-state index is 11.3. The maximum Gasteiger partial charge on any atom is 0.150 e. The van der Waals surface area contributed by atoms with Crippen molar-refractivity contribution in [1.82, 2.24) is 9.55 Å². The number of hydrogen-bond acceptors (Lipinski definition) is 3. The van der Waals surface area contributed by atoms with Gasteiger partial charge in [0.05, 0.1) is 17.2 Å². The van der Waals surface area contributed by atoms with Gasteiger partial charge in [-0.1, -0.05) is 0 Å². The summed E-state index contributed by atoms with van der Waals surface area (Å²) in [6.45, 7) is 4.88. The summed E-state index contributed by atoms with van der Waals surface area (Å²) in [6.07, 6.45) is 3.62. The smallest absolute Gasteiger partial charge is 0.150 e. The Morgan fingerprint density at radius 2 is 2.00 bits per heavy atom. The first-order chi connectivity index (χ1) is 7.46. The number of rotatable bonds is 2. The lowest BCUT2D eigenvalue weighted by Crippen LogP contribution is -2.26. The lowest BCUT2D eigenvalue weighted by Gasteiger charge is -2.22. The average molecular weight is 242 g/mol. The highest BCUT2D eigenvalue weighted by Gasteiger charge is 2.23. The van der Waals surface area contributed by atoms with Crippen molar-refractivity contribution in [2.24, 2.45) is 5.92 Å². The Morgan fingerprint density at radius 1 is 1.38 bits per heavy atom. The highest BCUT2D eigenvalue weighted by Crippen LogP contribution is 2.21. The zero-order valence-electron chi connectivity index (χ0n) is 9.81. The van der Waals surface area contributed by atoms with Crippen molar-refractivity contribution >= 4 is 9.84 Å². The Kier molecular flexibility index (Phi) is 3.06. The second-order valence-corrected chi connectivity index (χ2v) is 6.98. The molecule has 4 nitrogen and oxygen atoms in total. The number of hydrogen-bond donors (Lipinski definition) is 0. The van der Waals surface area contributed by atoms with Crippen LogP contribution in [0.5, 0.6) is 0 Å². The molecule has 0 radical (unpaired) electrons. The van der Waals surface area contributed by atoms with Gasteiger partial charge in [0.1, 0.15) is 15.7 Å². The Labute approximate surface area is 96.6 Å². The van der Waals surface area contributed by atoms with Gasteiger partial charge in [-0.3, -0.25) is 0 Å². The average Bonchev–Trinajstić information content (AvgIpc) is 2.49. The van der Waals surface area contributed by atoms with Gasteiger partial charge < -0.3 is 4.57 Å². The van der Waals surface area contributed by atoms with Gasteiger partial charge in [0, 0.05) is 12.7 Å². The largest absolute Gasteiger partial charge is 0.335 e. The fourth-order valence-electron chi connectivity index (χ4n) is 2.25. The first kappa shape index (κ1) is 11.6. The molecular weight excluding hydrogens is 224 g/mol. The van der Waals surface area contributed by atoms with Crippen LogP contribution in [0.3, 0.4) is 0 Å². The van der Waals surface area contributed by atoms with E-state index in [-0.39, 0.29) is 0 Å². The lowest BCUT2D eigenvalue weighted by atomic mass is 10.0. The van der Waals surface area contributed by atoms with Crippen molar-refractivity contribution in [3.63, 3.8) is 0 Å². The number of imidazole rings is 1. The van der Waals surface area contributed by atoms with Gasteiger partial charge in [-0.05, 0) is 32.6 Å². The lowest BCUT2D eigenvalue weighted by molar-refractivity contribution is 0.400. The third-order valence-electron chi connectivity index (χ3n) is 3.23. The Hall–Kier alpha value is -0.840. The molecule has 5 heteroatoms. The van der Waals surface area contributed by atoms with E-state index in [4.69, 9.17) is 0 Å². The standard InChI is InChI=1S/C11H18N2O2S/c1-9-7-13(10(2)12-9)8-11-3-5-16(14,15)6-4-11/h7,11H,3-6,8H2,1-2H3. The van der Waals surface area contributed by atoms with Crippen LogP contribution in [0, 0.1) is 19.8 Å². The minimum atomic E-state index is -2.74. The minimum Gasteiger partial charge on any atom is -0.335 e. The highest BCUT2D eigenvalue weighted by molar-refractivity contribution is 7.91. The minimum absolute atomic E-state index is 0.352. The Bertz CT molecular complexity index is 462. The van der Waals surface area contributed by atoms with Gasteiger partial charge in [0.2, 0.25) is 0 Å². The van der Waals surface area contributed by atoms with Crippen LogP contribution in [0.4, 0.5) is 0 Å². The predicted molar refractivity (Wildman–Crippen MR) is 63.1 cm³/mol. The quantitative estimate of drug-likeness (QED) is 0.786. The van der Waals surface area contributed by atoms with E-state index in [1.807, 2.05) is 20.0 Å². The van der Waals surface area contributed by atoms with Crippen LogP contribution in [0.15, 0.2) is 6.20 Å². The van der Waals surface area contributed by atoms with Crippen molar-refractivity contribution in [3.05, 3.63) is 17.7 Å². The summed E-state index contributed by atoms with van der Waals surface area (Å²) in [5.74, 6) is 2.20. The molecule has 1 aromatic heterocycles. The van der Waals surface area contributed by atoms with Crippen LogP contribution < -0.4 is 0 Å². The first-order valence-corrected chi connectivity index (χ1v) is 7.49. The molecule has 0 atom stereocenters. The fraction of sp³-hybridized carbons (Fsp3) is 0.727. The van der Waals surface area contributed by atoms with Crippen LogP contribution in [0.1, 0.15) is 24.4 Å². The van der Waals surface area contributed by atoms with Gasteiger partial charge >= 0.3 is 0 Å². The van der Waals surface area contributed by atoms with Crippen molar-refractivity contribution < 1.29 is 8.42 Å². The molecule has 1 aliphatic heterocycles. The SMILES string of the molecule is Cc1cn(CC2CCS(=O)(=O)CC2)c(C)n1. The van der Waals surface area contributed by atoms with E-state index in [0.29, 0.717) is 17.4 Å². The van der Waals surface area contributed by atoms with Crippen molar-refractivity contribution in [1.29, 1.82) is 0 Å². The maximum atomic E-state index is 11.3. The third-order valence-corrected chi connectivity index (χ3v) is 4.94. The van der Waals surface area contributed by atoms with Crippen LogP contribution in [-0.4, -0.2) is 29.5 Å². The van der Waals surface area contributed by atoms with E-state index in [9.17, 15) is 8.42 Å². The molecular formula is C11H18N2O2S. The predicted octanol–water partition coefficient (Wildman–Crippen LogP) is 1.32. The zero-order chi connectivity index (χ0) is 11.8. The molecule has 0 spiro atoms. The summed E-state index contributed by atoms with van der Waals surface area (Å²) in [6, 6.07) is 0. The topological polar surface area (TPSA) is 52.0 Å². The molecule has 1 aromatic rings. The number of nitrogens with zero attached hydrogens (tertiary/aromatic N) is 2. The highest BCUT2D eigenvalue weighted by atomic mass is 32.2. The molecule has 0 aliphatic carbocycles. The molecule has 0 saturated carbocycles. The van der Waals surface area contributed by atoms with Gasteiger partial charge in [0.25, 0.3) is 0 Å². The van der Waals surface area contributed by atoms with E-state index in [1.165, 1.54) is 0 Å². The Morgan fingerprint density at radius 3 is 2.50 bits per heavy atom. The van der Waals surface area contributed by atoms with E-state index in [0.717, 1.165) is 30.9 Å². The zero-order valence-corrected chi connectivity index (χ0v) is 10.6. The summed E-state index contributed by atoms with van der Waals surface area (Å²) < 4.78 is 24.7. The van der Waals surface area contributed by atoms with E-state index in [1.54, 1.807) is 0 Å². The number of aromatic nitrogens is 2. The normalized spacial score (nSPS) is 21.1. The van der Waals surface area contributed by atoms with E-state index < -0.39 is 9.84 Å². The summed E-state index contributed by atoms with van der Waals surface area (Å²) in [4.78, 5) is 4.35. The van der Waals surface area contributed by atoms with Gasteiger partial charge in [-0.2, -0.15) is 0 Å². The number of aryl methyl sites for hydroxylation is 2. The molecule has 90 valence electrons. The molecule has 2 heterocycles. The second-order valence-electron chi connectivity index (χ2n) is 4.68. The fourth-order valence-corrected chi connectivity index (χ4v) is 3.84. The summed E-state index contributed by atoms with van der Waals surface area (Å²) in [5.41, 5.74) is 1.03. The van der Waals surface area contributed by atoms with Gasteiger partial charge in [0.15, 0.2) is 0 Å². The molecule has 1 saturated heterocycles. The molecule has 1 fully saturated rings. The van der Waals surface area contributed by atoms with E-state index >= 15 is 0 Å². The monoisotopic (exact) mass is 242 g/mol. The molecule has 1 aliphatic rings. The molecule has 0 aromatic carbocycles. The molecule has 16 heavy (non-hydrogen) atoms.